The van der Waals surface area contributed by atoms with Crippen molar-refractivity contribution in [2.24, 2.45) is 5.73 Å². The van der Waals surface area contributed by atoms with Crippen molar-refractivity contribution < 1.29 is 13.2 Å². The third-order valence-corrected chi connectivity index (χ3v) is 5.26. The number of hydrogen-bond acceptors (Lipinski definition) is 6. The topological polar surface area (TPSA) is 119 Å². The van der Waals surface area contributed by atoms with Gasteiger partial charge in [0.05, 0.1) is 0 Å². The minimum absolute atomic E-state index is 0.0325. The van der Waals surface area contributed by atoms with Crippen LogP contribution in [0.5, 0.6) is 0 Å². The number of sulfonamides is 1. The van der Waals surface area contributed by atoms with Crippen LogP contribution in [0.25, 0.3) is 4.96 Å². The van der Waals surface area contributed by atoms with Gasteiger partial charge in [0.25, 0.3) is 10.0 Å². The second-order valence-electron chi connectivity index (χ2n) is 4.95. The molecule has 10 heteroatoms. The molecule has 0 aromatic carbocycles. The number of aromatic nitrogens is 2. The number of nitrogens with two attached hydrogens (primary N) is 1. The molecule has 2 aromatic rings. The number of carbonyl (C=O) groups excluding carboxylic acids is 1. The highest BCUT2D eigenvalue weighted by atomic mass is 32.2. The van der Waals surface area contributed by atoms with E-state index in [4.69, 9.17) is 5.73 Å². The Balaban J connectivity index is 2.55. The van der Waals surface area contributed by atoms with Crippen molar-refractivity contribution in [1.82, 2.24) is 14.1 Å². The first-order valence-electron chi connectivity index (χ1n) is 6.22. The van der Waals surface area contributed by atoms with Crippen molar-refractivity contribution in [1.29, 1.82) is 0 Å². The van der Waals surface area contributed by atoms with Crippen molar-refractivity contribution in [3.8, 4) is 0 Å². The lowest BCUT2D eigenvalue weighted by molar-refractivity contribution is -0.122. The quantitative estimate of drug-likeness (QED) is 0.706. The largest absolute Gasteiger partial charge is 0.368 e. The lowest BCUT2D eigenvalue weighted by Crippen LogP contribution is -2.53. The van der Waals surface area contributed by atoms with Gasteiger partial charge in [0.2, 0.25) is 5.91 Å². The van der Waals surface area contributed by atoms with Crippen LogP contribution in [0.1, 0.15) is 20.8 Å². The lowest BCUT2D eigenvalue weighted by Gasteiger charge is -2.22. The molecule has 1 amide bonds. The molecule has 0 atom stereocenters. The summed E-state index contributed by atoms with van der Waals surface area (Å²) < 4.78 is 29.0. The van der Waals surface area contributed by atoms with E-state index in [0.717, 1.165) is 0 Å². The maximum absolute atomic E-state index is 12.6. The van der Waals surface area contributed by atoms with Crippen LogP contribution >= 0.6 is 11.3 Å². The second kappa shape index (κ2) is 5.28. The molecule has 2 rings (SSSR count). The molecule has 4 N–H and O–H groups in total. The molecule has 0 saturated heterocycles. The minimum Gasteiger partial charge on any atom is -0.368 e. The highest BCUT2D eigenvalue weighted by Gasteiger charge is 2.35. The van der Waals surface area contributed by atoms with Crippen molar-refractivity contribution in [3.63, 3.8) is 0 Å². The Morgan fingerprint density at radius 2 is 2.19 bits per heavy atom. The molecule has 0 bridgehead atoms. The Morgan fingerprint density at radius 1 is 1.52 bits per heavy atom. The fourth-order valence-corrected chi connectivity index (χ4v) is 4.16. The monoisotopic (exact) mass is 331 g/mol. The molecule has 0 unspecified atom stereocenters. The number of imidazole rings is 1. The van der Waals surface area contributed by atoms with E-state index in [-0.39, 0.29) is 10.8 Å². The average Bonchev–Trinajstić information content (AvgIpc) is 2.86. The third-order valence-electron chi connectivity index (χ3n) is 2.82. The number of nitrogens with zero attached hydrogens (tertiary/aromatic N) is 2. The number of hydrogen-bond donors (Lipinski definition) is 3. The van der Waals surface area contributed by atoms with E-state index < -0.39 is 21.5 Å². The summed E-state index contributed by atoms with van der Waals surface area (Å²) in [5, 5.41) is 4.61. The van der Waals surface area contributed by atoms with Crippen LogP contribution in [0.4, 0.5) is 5.82 Å². The summed E-state index contributed by atoms with van der Waals surface area (Å²) in [5.74, 6) is -0.515. The molecular formula is C11H17N5O3S2. The van der Waals surface area contributed by atoms with E-state index in [9.17, 15) is 13.2 Å². The first kappa shape index (κ1) is 15.7. The zero-order valence-electron chi connectivity index (χ0n) is 11.9. The SMILES string of the molecule is CCNc1nc2sccn2c1S(=O)(=O)NC(C)(C)C(N)=O. The zero-order chi connectivity index (χ0) is 15.8. The molecule has 8 nitrogen and oxygen atoms in total. The van der Waals surface area contributed by atoms with E-state index >= 15 is 0 Å². The Labute approximate surface area is 126 Å². The first-order valence-corrected chi connectivity index (χ1v) is 8.58. The summed E-state index contributed by atoms with van der Waals surface area (Å²) in [5.41, 5.74) is 3.82. The fraction of sp³-hybridized carbons (Fsp3) is 0.455. The zero-order valence-corrected chi connectivity index (χ0v) is 13.5. The summed E-state index contributed by atoms with van der Waals surface area (Å²) >= 11 is 1.32. The average molecular weight is 331 g/mol. The van der Waals surface area contributed by atoms with E-state index in [1.54, 1.807) is 11.6 Å². The smallest absolute Gasteiger partial charge is 0.261 e. The Kier molecular flexibility index (Phi) is 3.95. The Bertz CT molecular complexity index is 775. The van der Waals surface area contributed by atoms with Crippen molar-refractivity contribution in [2.75, 3.05) is 11.9 Å². The molecule has 116 valence electrons. The molecule has 0 aliphatic heterocycles. The summed E-state index contributed by atoms with van der Waals surface area (Å²) in [6.45, 7) is 5.18. The van der Waals surface area contributed by atoms with E-state index in [2.05, 4.69) is 15.0 Å². The molecule has 21 heavy (non-hydrogen) atoms. The van der Waals surface area contributed by atoms with Crippen molar-refractivity contribution >= 4 is 38.0 Å². The normalized spacial score (nSPS) is 12.7. The number of nitrogens with one attached hydrogen (secondary N) is 2. The molecule has 0 aliphatic rings. The molecule has 0 saturated carbocycles. The van der Waals surface area contributed by atoms with Gasteiger partial charge >= 0.3 is 0 Å². The van der Waals surface area contributed by atoms with Gasteiger partial charge in [-0.1, -0.05) is 0 Å². The summed E-state index contributed by atoms with van der Waals surface area (Å²) in [6.07, 6.45) is 1.61. The van der Waals surface area contributed by atoms with Crippen molar-refractivity contribution in [2.45, 2.75) is 31.3 Å². The number of carbonyl (C=O) groups is 1. The number of rotatable bonds is 6. The number of primary amides is 1. The third kappa shape index (κ3) is 2.87. The Hall–Kier alpha value is -1.65. The first-order chi connectivity index (χ1) is 9.69. The van der Waals surface area contributed by atoms with Crippen LogP contribution in [0.2, 0.25) is 0 Å². The minimum atomic E-state index is -3.98. The van der Waals surface area contributed by atoms with Gasteiger partial charge in [0.1, 0.15) is 5.54 Å². The lowest BCUT2D eigenvalue weighted by atomic mass is 10.1. The van der Waals surface area contributed by atoms with Gasteiger partial charge in [-0.15, -0.1) is 11.3 Å². The van der Waals surface area contributed by atoms with Gasteiger partial charge in [-0.3, -0.25) is 9.20 Å². The fourth-order valence-electron chi connectivity index (χ4n) is 1.74. The highest BCUT2D eigenvalue weighted by Crippen LogP contribution is 2.26. The number of amides is 1. The second-order valence-corrected chi connectivity index (χ2v) is 7.42. The molecule has 0 aliphatic carbocycles. The van der Waals surface area contributed by atoms with Crippen LogP contribution in [0.3, 0.4) is 0 Å². The van der Waals surface area contributed by atoms with Gasteiger partial charge in [0, 0.05) is 18.1 Å². The highest BCUT2D eigenvalue weighted by molar-refractivity contribution is 7.89. The van der Waals surface area contributed by atoms with Gasteiger partial charge in [-0.25, -0.2) is 13.4 Å². The molecule has 0 radical (unpaired) electrons. The van der Waals surface area contributed by atoms with Crippen LogP contribution in [-0.4, -0.2) is 35.8 Å². The van der Waals surface area contributed by atoms with Gasteiger partial charge < -0.3 is 11.1 Å². The molecular weight excluding hydrogens is 314 g/mol. The van der Waals surface area contributed by atoms with E-state index in [0.29, 0.717) is 11.5 Å². The van der Waals surface area contributed by atoms with E-state index in [1.807, 2.05) is 6.92 Å². The Morgan fingerprint density at radius 3 is 2.76 bits per heavy atom. The molecule has 2 heterocycles. The van der Waals surface area contributed by atoms with E-state index in [1.165, 1.54) is 29.6 Å². The maximum Gasteiger partial charge on any atom is 0.261 e. The maximum atomic E-state index is 12.6. The summed E-state index contributed by atoms with van der Waals surface area (Å²) in [6, 6.07) is 0. The van der Waals surface area contributed by atoms with Crippen LogP contribution in [0, 0.1) is 0 Å². The van der Waals surface area contributed by atoms with Gasteiger partial charge in [-0.2, -0.15) is 4.72 Å². The summed E-state index contributed by atoms with van der Waals surface area (Å²) in [4.78, 5) is 16.1. The standard InChI is InChI=1S/C11H17N5O3S2/c1-4-13-7-8(16-5-6-20-10(16)14-7)21(18,19)15-11(2,3)9(12)17/h5-6,13,15H,4H2,1-3H3,(H2,12,17). The molecule has 0 fully saturated rings. The predicted octanol–water partition coefficient (Wildman–Crippen LogP) is 0.370. The predicted molar refractivity (Wildman–Crippen MR) is 80.8 cm³/mol. The summed E-state index contributed by atoms with van der Waals surface area (Å²) in [7, 11) is -3.98. The number of fused-ring (bicyclic) bond motifs is 1. The van der Waals surface area contributed by atoms with Crippen LogP contribution in [0.15, 0.2) is 16.6 Å². The number of thiazole rings is 1. The molecule has 2 aromatic heterocycles. The van der Waals surface area contributed by atoms with Crippen LogP contribution in [-0.2, 0) is 14.8 Å². The van der Waals surface area contributed by atoms with Gasteiger partial charge in [-0.05, 0) is 20.8 Å². The van der Waals surface area contributed by atoms with Crippen LogP contribution < -0.4 is 15.8 Å². The number of anilines is 1. The molecule has 0 spiro atoms. The van der Waals surface area contributed by atoms with Gasteiger partial charge in [0.15, 0.2) is 15.8 Å². The van der Waals surface area contributed by atoms with Crippen molar-refractivity contribution in [3.05, 3.63) is 11.6 Å².